The molecule has 1 heterocycles. The maximum absolute atomic E-state index is 14.5. The molecule has 492 valence electrons. The maximum atomic E-state index is 14.5. The van der Waals surface area contributed by atoms with Crippen LogP contribution < -0.4 is 76.5 Å². The third kappa shape index (κ3) is 28.9. The van der Waals surface area contributed by atoms with Gasteiger partial charge in [-0.3, -0.25) is 52.7 Å². The number of unbranched alkanes of at least 4 members (excludes halogenated alkanes) is 1. The number of ketones is 2. The molecule has 0 bridgehead atoms. The SMILES string of the molecule is CCCCC(C)OC(=O)CCC(=O)N[C@@H](CCN)C(=O)N[C@H](C(=O)N[C@@H](CCN)C(=O)C[C@H]1CCNC(=O)[C@H](C(C)O)NC(=O)[C@H](CCN)CC(=O)[C@H](CCN)NC(=O)[C@H](CC(C)C)NC(=O)[C@@H](Cc2ccccc2)NC(=O)[C@H](CCN)NC1)C(C)O. The van der Waals surface area contributed by atoms with Crippen molar-refractivity contribution in [2.75, 3.05) is 45.8 Å². The van der Waals surface area contributed by atoms with Crippen molar-refractivity contribution < 1.29 is 67.7 Å². The van der Waals surface area contributed by atoms with Crippen molar-refractivity contribution in [2.24, 2.45) is 46.4 Å². The Bertz CT molecular complexity index is 2350. The van der Waals surface area contributed by atoms with E-state index in [-0.39, 0.29) is 128 Å². The molecule has 0 radical (unpaired) electrons. The predicted molar refractivity (Wildman–Crippen MR) is 325 cm³/mol. The van der Waals surface area contributed by atoms with Crippen LogP contribution in [0.15, 0.2) is 30.3 Å². The standard InChI is InChI=1S/C59H102N14O14/c1-7-8-12-35(4)87-50(79)16-15-49(78)67-44(21-27-64)55(82)73-52(37(6)75)59(86)69-41(18-24-61)47(76)31-39-22-28-65-58(85)51(36(5)74)72-53(80)40(17-23-60)32-48(77)42(19-25-62)68-56(83)45(29-34(2)3)70-57(84)46(30-38-13-10-9-11-14-38)71-54(81)43(20-26-63)66-33-39/h9-11,13-14,34-37,39-46,51-52,66,74-75H,7-8,12,15-33,60-64H2,1-6H3,(H,65,85)(H,67,78)(H,68,83)(H,69,86)(H,70,84)(H,71,81)(H,72,80)(H,73,82)/t35?,36?,37?,39-,40-,41+,42+,43+,44+,45+,46-,51+,52+/m1/s1. The number of rotatable bonds is 31. The molecule has 1 aromatic rings. The van der Waals surface area contributed by atoms with Gasteiger partial charge in [-0.25, -0.2) is 0 Å². The number of benzene rings is 1. The first-order valence-electron chi connectivity index (χ1n) is 30.6. The Balaban J connectivity index is 2.60. The van der Waals surface area contributed by atoms with E-state index in [0.29, 0.717) is 12.0 Å². The van der Waals surface area contributed by atoms with Gasteiger partial charge in [-0.1, -0.05) is 63.9 Å². The van der Waals surface area contributed by atoms with Gasteiger partial charge >= 0.3 is 5.97 Å². The monoisotopic (exact) mass is 1230 g/mol. The minimum Gasteiger partial charge on any atom is -0.463 e. The van der Waals surface area contributed by atoms with Gasteiger partial charge in [0.1, 0.15) is 30.2 Å². The number of amides is 8. The fraction of sp³-hybridized carbons (Fsp3) is 0.712. The summed E-state index contributed by atoms with van der Waals surface area (Å²) in [6.45, 7) is 9.26. The summed E-state index contributed by atoms with van der Waals surface area (Å²) >= 11 is 0. The number of carbonyl (C=O) groups is 11. The van der Waals surface area contributed by atoms with Crippen LogP contribution in [0.3, 0.4) is 0 Å². The number of Topliss-reactive ketones (excluding diaryl/α,β-unsaturated/α-hetero) is 2. The van der Waals surface area contributed by atoms with Gasteiger partial charge in [-0.15, -0.1) is 0 Å². The quantitative estimate of drug-likeness (QED) is 0.0324. The molecule has 0 aromatic heterocycles. The summed E-state index contributed by atoms with van der Waals surface area (Å²) in [7, 11) is 0. The van der Waals surface area contributed by atoms with Gasteiger partial charge in [0.25, 0.3) is 0 Å². The van der Waals surface area contributed by atoms with Crippen LogP contribution in [-0.2, 0) is 63.9 Å². The van der Waals surface area contributed by atoms with Crippen molar-refractivity contribution >= 4 is 64.8 Å². The lowest BCUT2D eigenvalue weighted by atomic mass is 9.92. The first-order chi connectivity index (χ1) is 41.3. The van der Waals surface area contributed by atoms with Gasteiger partial charge in [0.2, 0.25) is 47.3 Å². The minimum absolute atomic E-state index is 0.00474. The second kappa shape index (κ2) is 41.6. The van der Waals surface area contributed by atoms with E-state index in [9.17, 15) is 63.0 Å². The van der Waals surface area contributed by atoms with E-state index in [1.165, 1.54) is 13.8 Å². The Morgan fingerprint density at radius 3 is 1.85 bits per heavy atom. The summed E-state index contributed by atoms with van der Waals surface area (Å²) in [5.41, 5.74) is 30.3. The number of esters is 1. The van der Waals surface area contributed by atoms with E-state index in [1.54, 1.807) is 37.3 Å². The highest BCUT2D eigenvalue weighted by molar-refractivity contribution is 5.98. The van der Waals surface area contributed by atoms with Crippen LogP contribution in [0.25, 0.3) is 0 Å². The Morgan fingerprint density at radius 1 is 0.655 bits per heavy atom. The van der Waals surface area contributed by atoms with Crippen LogP contribution in [0.1, 0.15) is 137 Å². The van der Waals surface area contributed by atoms with E-state index in [4.69, 9.17) is 33.4 Å². The molecular formula is C59H102N14O14. The Hall–Kier alpha value is -6.53. The first-order valence-corrected chi connectivity index (χ1v) is 30.6. The van der Waals surface area contributed by atoms with Crippen molar-refractivity contribution in [3.05, 3.63) is 35.9 Å². The van der Waals surface area contributed by atoms with Gasteiger partial charge < -0.3 is 91.5 Å². The second-order valence-corrected chi connectivity index (χ2v) is 22.9. The molecule has 28 heteroatoms. The van der Waals surface area contributed by atoms with Crippen LogP contribution in [0.2, 0.25) is 0 Å². The van der Waals surface area contributed by atoms with E-state index in [1.807, 2.05) is 20.8 Å². The molecule has 13 atom stereocenters. The van der Waals surface area contributed by atoms with E-state index in [0.717, 1.165) is 12.8 Å². The van der Waals surface area contributed by atoms with Crippen molar-refractivity contribution in [1.82, 2.24) is 47.9 Å². The van der Waals surface area contributed by atoms with Crippen LogP contribution in [0.5, 0.6) is 0 Å². The largest absolute Gasteiger partial charge is 0.463 e. The zero-order chi connectivity index (χ0) is 65.2. The molecule has 1 saturated heterocycles. The molecule has 3 unspecified atom stereocenters. The zero-order valence-electron chi connectivity index (χ0n) is 51.7. The number of aliphatic hydroxyl groups excluding tert-OH is 2. The normalized spacial score (nSPS) is 22.8. The van der Waals surface area contributed by atoms with Crippen molar-refractivity contribution in [2.45, 2.75) is 205 Å². The fourth-order valence-electron chi connectivity index (χ4n) is 9.81. The topological polar surface area (TPSA) is 476 Å². The number of nitrogens with two attached hydrogens (primary N) is 5. The van der Waals surface area contributed by atoms with Crippen molar-refractivity contribution in [3.63, 3.8) is 0 Å². The minimum atomic E-state index is -1.68. The fourth-order valence-corrected chi connectivity index (χ4v) is 9.81. The Labute approximate surface area is 511 Å². The third-order valence-electron chi connectivity index (χ3n) is 14.8. The second-order valence-electron chi connectivity index (χ2n) is 22.9. The van der Waals surface area contributed by atoms with Gasteiger partial charge in [0, 0.05) is 38.1 Å². The smallest absolute Gasteiger partial charge is 0.306 e. The first kappa shape index (κ1) is 76.6. The molecule has 1 fully saturated rings. The zero-order valence-corrected chi connectivity index (χ0v) is 51.7. The number of carbonyl (C=O) groups excluding carboxylic acids is 11. The molecule has 0 saturated carbocycles. The van der Waals surface area contributed by atoms with Gasteiger partial charge in [-0.2, -0.15) is 0 Å². The summed E-state index contributed by atoms with van der Waals surface area (Å²) in [6, 6.07) is -1.86. The molecule has 0 aliphatic carbocycles. The molecule has 0 spiro atoms. The Kier molecular flexibility index (Phi) is 36.6. The van der Waals surface area contributed by atoms with Crippen LogP contribution in [0.4, 0.5) is 0 Å². The molecule has 28 nitrogen and oxygen atoms in total. The van der Waals surface area contributed by atoms with Crippen molar-refractivity contribution in [1.29, 1.82) is 0 Å². The third-order valence-corrected chi connectivity index (χ3v) is 14.8. The lowest BCUT2D eigenvalue weighted by Gasteiger charge is -2.28. The number of ether oxygens (including phenoxy) is 1. The molecule has 8 amide bonds. The lowest BCUT2D eigenvalue weighted by Crippen LogP contribution is -2.59. The number of hydrogen-bond acceptors (Lipinski definition) is 20. The van der Waals surface area contributed by atoms with Gasteiger partial charge in [0.05, 0.1) is 42.9 Å². The molecule has 1 aliphatic rings. The molecule has 1 aromatic carbocycles. The maximum Gasteiger partial charge on any atom is 0.306 e. The highest BCUT2D eigenvalue weighted by Gasteiger charge is 2.37. The summed E-state index contributed by atoms with van der Waals surface area (Å²) in [4.78, 5) is 152. The van der Waals surface area contributed by atoms with E-state index in [2.05, 4.69) is 47.9 Å². The summed E-state index contributed by atoms with van der Waals surface area (Å²) in [6.07, 6.45) is -2.49. The number of hydrogen-bond donors (Lipinski definition) is 16. The average molecular weight is 1230 g/mol. The lowest BCUT2D eigenvalue weighted by molar-refractivity contribution is -0.149. The predicted octanol–water partition coefficient (Wildman–Crippen LogP) is -3.29. The number of nitrogens with one attached hydrogen (secondary N) is 9. The summed E-state index contributed by atoms with van der Waals surface area (Å²) in [5, 5.41) is 45.9. The molecule has 21 N–H and O–H groups in total. The molecule has 2 rings (SSSR count). The Morgan fingerprint density at radius 2 is 1.25 bits per heavy atom. The molecular weight excluding hydrogens is 1130 g/mol. The van der Waals surface area contributed by atoms with Crippen LogP contribution >= 0.6 is 0 Å². The van der Waals surface area contributed by atoms with Gasteiger partial charge in [-0.05, 0) is 129 Å². The van der Waals surface area contributed by atoms with E-state index < -0.39 is 144 Å². The van der Waals surface area contributed by atoms with E-state index >= 15 is 0 Å². The van der Waals surface area contributed by atoms with Crippen LogP contribution in [-0.4, -0.2) is 187 Å². The number of aliphatic hydroxyl groups is 2. The molecule has 1 aliphatic heterocycles. The highest BCUT2D eigenvalue weighted by Crippen LogP contribution is 2.17. The molecule has 87 heavy (non-hydrogen) atoms. The van der Waals surface area contributed by atoms with Gasteiger partial charge in [0.15, 0.2) is 11.6 Å². The summed E-state index contributed by atoms with van der Waals surface area (Å²) < 4.78 is 5.36. The highest BCUT2D eigenvalue weighted by atomic mass is 16.5. The average Bonchev–Trinajstić information content (AvgIpc) is 3.16. The van der Waals surface area contributed by atoms with Crippen LogP contribution in [0, 0.1) is 17.8 Å². The van der Waals surface area contributed by atoms with Crippen molar-refractivity contribution in [3.8, 4) is 0 Å². The summed E-state index contributed by atoms with van der Waals surface area (Å²) in [5.74, 6) is -10.1.